The first kappa shape index (κ1) is 14.3. The van der Waals surface area contributed by atoms with E-state index in [2.05, 4.69) is 20.9 Å². The molecule has 5 heteroatoms. The van der Waals surface area contributed by atoms with Crippen molar-refractivity contribution in [1.29, 1.82) is 5.26 Å². The highest BCUT2D eigenvalue weighted by atomic mass is 16.2. The summed E-state index contributed by atoms with van der Waals surface area (Å²) in [5.74, 6) is 0.812. The summed E-state index contributed by atoms with van der Waals surface area (Å²) in [6, 6.07) is 12.1. The van der Waals surface area contributed by atoms with Gasteiger partial charge in [0.2, 0.25) is 5.91 Å². The monoisotopic (exact) mass is 294 g/mol. The fraction of sp³-hybridized carbons (Fsp3) is 0.353. The van der Waals surface area contributed by atoms with Crippen LogP contribution >= 0.6 is 0 Å². The van der Waals surface area contributed by atoms with Crippen molar-refractivity contribution in [3.05, 3.63) is 42.7 Å². The van der Waals surface area contributed by atoms with Crippen LogP contribution in [-0.4, -0.2) is 22.0 Å². The molecule has 2 aromatic rings. The van der Waals surface area contributed by atoms with Crippen LogP contribution in [0, 0.1) is 16.7 Å². The quantitative estimate of drug-likeness (QED) is 0.831. The molecule has 1 saturated carbocycles. The van der Waals surface area contributed by atoms with E-state index >= 15 is 0 Å². The number of aryl methyl sites for hydroxylation is 1. The van der Waals surface area contributed by atoms with Gasteiger partial charge in [0, 0.05) is 31.0 Å². The molecule has 22 heavy (non-hydrogen) atoms. The first-order valence-corrected chi connectivity index (χ1v) is 7.51. The van der Waals surface area contributed by atoms with Gasteiger partial charge in [-0.3, -0.25) is 4.79 Å². The van der Waals surface area contributed by atoms with Gasteiger partial charge in [0.05, 0.1) is 6.07 Å². The third-order valence-corrected chi connectivity index (χ3v) is 4.01. The molecule has 5 nitrogen and oxygen atoms in total. The van der Waals surface area contributed by atoms with Crippen molar-refractivity contribution in [2.24, 2.45) is 5.41 Å². The number of hydrogen-bond acceptors (Lipinski definition) is 3. The number of amides is 1. The zero-order valence-corrected chi connectivity index (χ0v) is 12.3. The van der Waals surface area contributed by atoms with Gasteiger partial charge >= 0.3 is 0 Å². The maximum absolute atomic E-state index is 11.9. The van der Waals surface area contributed by atoms with Crippen molar-refractivity contribution in [3.63, 3.8) is 0 Å². The molecule has 1 aromatic carbocycles. The molecule has 3 rings (SSSR count). The second-order valence-electron chi connectivity index (χ2n) is 5.61. The minimum absolute atomic E-state index is 0.121. The molecule has 112 valence electrons. The number of nitriles is 1. The smallest absolute Gasteiger partial charge is 0.240 e. The number of hydrogen-bond donors (Lipinski definition) is 1. The Balaban J connectivity index is 1.52. The van der Waals surface area contributed by atoms with Gasteiger partial charge in [-0.2, -0.15) is 5.26 Å². The number of benzene rings is 1. The molecule has 0 atom stereocenters. The summed E-state index contributed by atoms with van der Waals surface area (Å²) in [6.45, 7) is 1.36. The Kier molecular flexibility index (Phi) is 3.92. The van der Waals surface area contributed by atoms with Crippen LogP contribution in [0.5, 0.6) is 0 Å². The fourth-order valence-electron chi connectivity index (χ4n) is 2.47. The number of nitrogens with one attached hydrogen (secondary N) is 1. The Morgan fingerprint density at radius 2 is 2.14 bits per heavy atom. The van der Waals surface area contributed by atoms with E-state index in [4.69, 9.17) is 5.26 Å². The summed E-state index contributed by atoms with van der Waals surface area (Å²) in [7, 11) is 0. The molecule has 1 N–H and O–H groups in total. The van der Waals surface area contributed by atoms with Crippen molar-refractivity contribution in [2.75, 3.05) is 6.54 Å². The minimum Gasteiger partial charge on any atom is -0.355 e. The van der Waals surface area contributed by atoms with E-state index in [0.717, 1.165) is 24.4 Å². The Morgan fingerprint density at radius 1 is 1.36 bits per heavy atom. The van der Waals surface area contributed by atoms with Crippen molar-refractivity contribution < 1.29 is 4.79 Å². The van der Waals surface area contributed by atoms with Crippen LogP contribution in [0.15, 0.2) is 42.7 Å². The summed E-state index contributed by atoms with van der Waals surface area (Å²) < 4.78 is 2.08. The van der Waals surface area contributed by atoms with Crippen LogP contribution in [-0.2, 0) is 11.3 Å². The molecule has 0 bridgehead atoms. The molecule has 0 spiro atoms. The molecule has 1 heterocycles. The van der Waals surface area contributed by atoms with Crippen molar-refractivity contribution in [3.8, 4) is 17.5 Å². The lowest BCUT2D eigenvalue weighted by Crippen LogP contribution is -2.32. The van der Waals surface area contributed by atoms with Crippen LogP contribution in [0.2, 0.25) is 0 Å². The molecule has 1 aliphatic carbocycles. The van der Waals surface area contributed by atoms with Gasteiger partial charge in [0.25, 0.3) is 0 Å². The summed E-state index contributed by atoms with van der Waals surface area (Å²) >= 11 is 0. The number of nitrogens with zero attached hydrogens (tertiary/aromatic N) is 3. The Morgan fingerprint density at radius 3 is 2.82 bits per heavy atom. The lowest BCUT2D eigenvalue weighted by molar-refractivity contribution is -0.124. The highest BCUT2D eigenvalue weighted by molar-refractivity contribution is 5.88. The Labute approximate surface area is 129 Å². The summed E-state index contributed by atoms with van der Waals surface area (Å²) in [4.78, 5) is 16.3. The second-order valence-corrected chi connectivity index (χ2v) is 5.61. The minimum atomic E-state index is -0.732. The third kappa shape index (κ3) is 2.86. The van der Waals surface area contributed by atoms with Crippen molar-refractivity contribution >= 4 is 5.91 Å². The molecular formula is C17H18N4O. The summed E-state index contributed by atoms with van der Waals surface area (Å²) in [5.41, 5.74) is 0.349. The standard InChI is InChI=1S/C17H18N4O/c18-13-17(7-8-17)16(22)20-9-4-11-21-12-10-19-15(21)14-5-2-1-3-6-14/h1-3,5-6,10,12H,4,7-9,11H2,(H,20,22). The number of carbonyl (C=O) groups is 1. The maximum atomic E-state index is 11.9. The second kappa shape index (κ2) is 6.02. The number of aromatic nitrogens is 2. The first-order chi connectivity index (χ1) is 10.7. The van der Waals surface area contributed by atoms with Gasteiger partial charge in [-0.25, -0.2) is 4.98 Å². The Bertz CT molecular complexity index is 695. The van der Waals surface area contributed by atoms with Crippen molar-refractivity contribution in [1.82, 2.24) is 14.9 Å². The Hall–Kier alpha value is -2.61. The normalized spacial score (nSPS) is 15.0. The topological polar surface area (TPSA) is 70.7 Å². The summed E-state index contributed by atoms with van der Waals surface area (Å²) in [5, 5.41) is 11.8. The predicted octanol–water partition coefficient (Wildman–Crippen LogP) is 2.36. The van der Waals surface area contributed by atoms with Gasteiger partial charge in [-0.15, -0.1) is 0 Å². The molecule has 1 aliphatic rings. The molecule has 0 radical (unpaired) electrons. The van der Waals surface area contributed by atoms with E-state index in [-0.39, 0.29) is 5.91 Å². The van der Waals surface area contributed by atoms with Gasteiger partial charge in [0.1, 0.15) is 11.2 Å². The van der Waals surface area contributed by atoms with E-state index in [1.54, 1.807) is 6.20 Å². The van der Waals surface area contributed by atoms with Crippen LogP contribution in [0.3, 0.4) is 0 Å². The van der Waals surface area contributed by atoms with E-state index in [0.29, 0.717) is 19.4 Å². The molecule has 1 amide bonds. The molecule has 1 fully saturated rings. The molecule has 1 aromatic heterocycles. The number of carbonyl (C=O) groups excluding carboxylic acids is 1. The zero-order chi connectivity index (χ0) is 15.4. The average molecular weight is 294 g/mol. The van der Waals surface area contributed by atoms with Gasteiger partial charge in [-0.1, -0.05) is 30.3 Å². The number of imidazole rings is 1. The first-order valence-electron chi connectivity index (χ1n) is 7.51. The summed E-state index contributed by atoms with van der Waals surface area (Å²) in [6.07, 6.45) is 5.92. The van der Waals surface area contributed by atoms with Crippen molar-refractivity contribution in [2.45, 2.75) is 25.8 Å². The lowest BCUT2D eigenvalue weighted by Gasteiger charge is -2.10. The zero-order valence-electron chi connectivity index (χ0n) is 12.3. The third-order valence-electron chi connectivity index (χ3n) is 4.01. The number of rotatable bonds is 6. The lowest BCUT2D eigenvalue weighted by atomic mass is 10.1. The highest BCUT2D eigenvalue weighted by Crippen LogP contribution is 2.44. The molecule has 0 saturated heterocycles. The fourth-order valence-corrected chi connectivity index (χ4v) is 2.47. The van der Waals surface area contributed by atoms with Crippen LogP contribution in [0.25, 0.3) is 11.4 Å². The van der Waals surface area contributed by atoms with Gasteiger partial charge < -0.3 is 9.88 Å². The van der Waals surface area contributed by atoms with E-state index in [1.807, 2.05) is 36.5 Å². The van der Waals surface area contributed by atoms with E-state index in [1.165, 1.54) is 0 Å². The average Bonchev–Trinajstić information content (AvgIpc) is 3.23. The predicted molar refractivity (Wildman–Crippen MR) is 82.6 cm³/mol. The van der Waals surface area contributed by atoms with Gasteiger partial charge in [-0.05, 0) is 19.3 Å². The van der Waals surface area contributed by atoms with E-state index < -0.39 is 5.41 Å². The SMILES string of the molecule is N#CC1(C(=O)NCCCn2ccnc2-c2ccccc2)CC1. The molecular weight excluding hydrogens is 276 g/mol. The van der Waals surface area contributed by atoms with Crippen LogP contribution in [0.1, 0.15) is 19.3 Å². The molecule has 0 aliphatic heterocycles. The van der Waals surface area contributed by atoms with Gasteiger partial charge in [0.15, 0.2) is 0 Å². The highest BCUT2D eigenvalue weighted by Gasteiger charge is 2.50. The van der Waals surface area contributed by atoms with Crippen LogP contribution in [0.4, 0.5) is 0 Å². The molecule has 0 unspecified atom stereocenters. The largest absolute Gasteiger partial charge is 0.355 e. The van der Waals surface area contributed by atoms with E-state index in [9.17, 15) is 4.79 Å². The van der Waals surface area contributed by atoms with Crippen LogP contribution < -0.4 is 5.32 Å². The maximum Gasteiger partial charge on any atom is 0.240 e.